The Labute approximate surface area is 101 Å². The van der Waals surface area contributed by atoms with Crippen molar-refractivity contribution in [2.24, 2.45) is 5.73 Å². The molecular formula is C12H19N3O2. The standard InChI is InChI=1S/C12H19N3O2/c1-4-12(2,11(14)16)15-10-6-5-8(17-3)7-9(10)13/h5-7,15H,4,13H2,1-3H3,(H2,14,16). The van der Waals surface area contributed by atoms with Crippen LogP contribution in [0.15, 0.2) is 18.2 Å². The van der Waals surface area contributed by atoms with Crippen molar-refractivity contribution in [3.05, 3.63) is 18.2 Å². The minimum Gasteiger partial charge on any atom is -0.497 e. The number of rotatable bonds is 5. The van der Waals surface area contributed by atoms with E-state index >= 15 is 0 Å². The van der Waals surface area contributed by atoms with Crippen molar-refractivity contribution >= 4 is 17.3 Å². The number of carbonyl (C=O) groups excluding carboxylic acids is 1. The van der Waals surface area contributed by atoms with Gasteiger partial charge in [-0.15, -0.1) is 0 Å². The molecule has 1 atom stereocenters. The van der Waals surface area contributed by atoms with Gasteiger partial charge < -0.3 is 21.5 Å². The minimum absolute atomic E-state index is 0.407. The molecule has 94 valence electrons. The van der Waals surface area contributed by atoms with E-state index in [1.54, 1.807) is 32.2 Å². The maximum absolute atomic E-state index is 11.4. The summed E-state index contributed by atoms with van der Waals surface area (Å²) in [5.74, 6) is 0.264. The Hall–Kier alpha value is -1.91. The van der Waals surface area contributed by atoms with Gasteiger partial charge in [0.15, 0.2) is 0 Å². The number of hydrogen-bond acceptors (Lipinski definition) is 4. The van der Waals surface area contributed by atoms with Gasteiger partial charge in [-0.1, -0.05) is 6.92 Å². The molecule has 1 unspecified atom stereocenters. The summed E-state index contributed by atoms with van der Waals surface area (Å²) >= 11 is 0. The predicted octanol–water partition coefficient (Wildman–Crippen LogP) is 1.34. The molecule has 0 aliphatic rings. The first-order chi connectivity index (χ1) is 7.92. The van der Waals surface area contributed by atoms with Crippen LogP contribution in [0.2, 0.25) is 0 Å². The van der Waals surface area contributed by atoms with Crippen LogP contribution >= 0.6 is 0 Å². The second-order valence-corrected chi connectivity index (χ2v) is 4.13. The lowest BCUT2D eigenvalue weighted by atomic mass is 9.97. The highest BCUT2D eigenvalue weighted by atomic mass is 16.5. The number of methoxy groups -OCH3 is 1. The van der Waals surface area contributed by atoms with Gasteiger partial charge >= 0.3 is 0 Å². The van der Waals surface area contributed by atoms with Crippen LogP contribution in [-0.2, 0) is 4.79 Å². The fraction of sp³-hybridized carbons (Fsp3) is 0.417. The molecule has 5 N–H and O–H groups in total. The number of benzene rings is 1. The zero-order chi connectivity index (χ0) is 13.1. The topological polar surface area (TPSA) is 90.4 Å². The van der Waals surface area contributed by atoms with Gasteiger partial charge in [0, 0.05) is 6.07 Å². The fourth-order valence-corrected chi connectivity index (χ4v) is 1.40. The second-order valence-electron chi connectivity index (χ2n) is 4.13. The lowest BCUT2D eigenvalue weighted by Crippen LogP contribution is -2.47. The number of nitrogen functional groups attached to an aromatic ring is 1. The van der Waals surface area contributed by atoms with Gasteiger partial charge in [-0.3, -0.25) is 4.79 Å². The number of anilines is 2. The van der Waals surface area contributed by atoms with Crippen molar-refractivity contribution < 1.29 is 9.53 Å². The lowest BCUT2D eigenvalue weighted by molar-refractivity contribution is -0.121. The van der Waals surface area contributed by atoms with Crippen LogP contribution in [0.1, 0.15) is 20.3 Å². The molecular weight excluding hydrogens is 218 g/mol. The predicted molar refractivity (Wildman–Crippen MR) is 68.9 cm³/mol. The van der Waals surface area contributed by atoms with Crippen LogP contribution in [0.3, 0.4) is 0 Å². The average molecular weight is 237 g/mol. The molecule has 1 aromatic rings. The SMILES string of the molecule is CCC(C)(Nc1ccc(OC)cc1N)C(N)=O. The summed E-state index contributed by atoms with van der Waals surface area (Å²) in [6, 6.07) is 5.24. The summed E-state index contributed by atoms with van der Waals surface area (Å²) in [5, 5.41) is 3.07. The molecule has 0 saturated heterocycles. The van der Waals surface area contributed by atoms with Gasteiger partial charge in [0.2, 0.25) is 5.91 Å². The number of hydrogen-bond donors (Lipinski definition) is 3. The summed E-state index contributed by atoms with van der Waals surface area (Å²) in [5.41, 5.74) is 11.6. The summed E-state index contributed by atoms with van der Waals surface area (Å²) in [6.45, 7) is 3.64. The highest BCUT2D eigenvalue weighted by Crippen LogP contribution is 2.27. The molecule has 0 spiro atoms. The molecule has 5 nitrogen and oxygen atoms in total. The zero-order valence-corrected chi connectivity index (χ0v) is 10.4. The first-order valence-electron chi connectivity index (χ1n) is 5.44. The average Bonchev–Trinajstić information content (AvgIpc) is 2.31. The number of ether oxygens (including phenoxy) is 1. The Morgan fingerprint density at radius 3 is 2.59 bits per heavy atom. The van der Waals surface area contributed by atoms with Gasteiger partial charge in [-0.2, -0.15) is 0 Å². The maximum Gasteiger partial charge on any atom is 0.242 e. The second kappa shape index (κ2) is 4.95. The Bertz CT molecular complexity index is 420. The molecule has 0 fully saturated rings. The Kier molecular flexibility index (Phi) is 3.83. The van der Waals surface area contributed by atoms with Crippen LogP contribution in [0.5, 0.6) is 5.75 Å². The van der Waals surface area contributed by atoms with E-state index in [1.807, 2.05) is 6.92 Å². The summed E-state index contributed by atoms with van der Waals surface area (Å²) in [4.78, 5) is 11.4. The third kappa shape index (κ3) is 2.81. The van der Waals surface area contributed by atoms with Crippen LogP contribution in [-0.4, -0.2) is 18.6 Å². The first kappa shape index (κ1) is 13.2. The van der Waals surface area contributed by atoms with E-state index in [-0.39, 0.29) is 0 Å². The van der Waals surface area contributed by atoms with E-state index in [1.165, 1.54) is 0 Å². The van der Waals surface area contributed by atoms with Crippen LogP contribution in [0.25, 0.3) is 0 Å². The van der Waals surface area contributed by atoms with Gasteiger partial charge in [-0.05, 0) is 25.5 Å². The minimum atomic E-state index is -0.803. The van der Waals surface area contributed by atoms with Crippen LogP contribution in [0.4, 0.5) is 11.4 Å². The molecule has 0 radical (unpaired) electrons. The van der Waals surface area contributed by atoms with E-state index in [0.717, 1.165) is 0 Å². The van der Waals surface area contributed by atoms with E-state index in [0.29, 0.717) is 23.5 Å². The highest BCUT2D eigenvalue weighted by molar-refractivity contribution is 5.88. The number of amides is 1. The van der Waals surface area contributed by atoms with Crippen LogP contribution < -0.4 is 21.5 Å². The van der Waals surface area contributed by atoms with Crippen molar-refractivity contribution in [1.29, 1.82) is 0 Å². The third-order valence-corrected chi connectivity index (χ3v) is 2.92. The first-order valence-corrected chi connectivity index (χ1v) is 5.44. The third-order valence-electron chi connectivity index (χ3n) is 2.92. The summed E-state index contributed by atoms with van der Waals surface area (Å²) in [7, 11) is 1.57. The molecule has 17 heavy (non-hydrogen) atoms. The van der Waals surface area contributed by atoms with Crippen molar-refractivity contribution in [2.45, 2.75) is 25.8 Å². The van der Waals surface area contributed by atoms with Crippen molar-refractivity contribution in [3.8, 4) is 5.75 Å². The number of nitrogens with one attached hydrogen (secondary N) is 1. The van der Waals surface area contributed by atoms with Crippen molar-refractivity contribution in [1.82, 2.24) is 0 Å². The summed E-state index contributed by atoms with van der Waals surface area (Å²) in [6.07, 6.45) is 0.577. The van der Waals surface area contributed by atoms with Crippen molar-refractivity contribution in [3.63, 3.8) is 0 Å². The smallest absolute Gasteiger partial charge is 0.242 e. The Morgan fingerprint density at radius 2 is 2.18 bits per heavy atom. The van der Waals surface area contributed by atoms with Gasteiger partial charge in [-0.25, -0.2) is 0 Å². The molecule has 0 saturated carbocycles. The van der Waals surface area contributed by atoms with Gasteiger partial charge in [0.25, 0.3) is 0 Å². The molecule has 0 bridgehead atoms. The number of carbonyl (C=O) groups is 1. The number of nitrogens with two attached hydrogens (primary N) is 2. The molecule has 0 aliphatic carbocycles. The van der Waals surface area contributed by atoms with E-state index in [9.17, 15) is 4.79 Å². The van der Waals surface area contributed by atoms with E-state index in [4.69, 9.17) is 16.2 Å². The largest absolute Gasteiger partial charge is 0.497 e. The molecule has 5 heteroatoms. The molecule has 0 aromatic heterocycles. The molecule has 1 aromatic carbocycles. The van der Waals surface area contributed by atoms with Crippen molar-refractivity contribution in [2.75, 3.05) is 18.2 Å². The summed E-state index contributed by atoms with van der Waals surface area (Å²) < 4.78 is 5.05. The van der Waals surface area contributed by atoms with Gasteiger partial charge in [0.05, 0.1) is 18.5 Å². The highest BCUT2D eigenvalue weighted by Gasteiger charge is 2.29. The van der Waals surface area contributed by atoms with Crippen LogP contribution in [0, 0.1) is 0 Å². The molecule has 1 rings (SSSR count). The lowest BCUT2D eigenvalue weighted by Gasteiger charge is -2.28. The van der Waals surface area contributed by atoms with Gasteiger partial charge in [0.1, 0.15) is 11.3 Å². The van der Waals surface area contributed by atoms with E-state index < -0.39 is 11.4 Å². The fourth-order valence-electron chi connectivity index (χ4n) is 1.40. The number of primary amides is 1. The van der Waals surface area contributed by atoms with E-state index in [2.05, 4.69) is 5.32 Å². The maximum atomic E-state index is 11.4. The Balaban J connectivity index is 2.98. The zero-order valence-electron chi connectivity index (χ0n) is 10.4. The normalized spacial score (nSPS) is 13.8. The Morgan fingerprint density at radius 1 is 1.53 bits per heavy atom. The molecule has 0 aliphatic heterocycles. The molecule has 0 heterocycles. The monoisotopic (exact) mass is 237 g/mol. The quantitative estimate of drug-likeness (QED) is 0.674. The molecule has 1 amide bonds.